The fourth-order valence-electron chi connectivity index (χ4n) is 3.67. The van der Waals surface area contributed by atoms with E-state index in [4.69, 9.17) is 4.74 Å². The van der Waals surface area contributed by atoms with Gasteiger partial charge in [0, 0.05) is 13.2 Å². The van der Waals surface area contributed by atoms with E-state index in [-0.39, 0.29) is 6.10 Å². The lowest BCUT2D eigenvalue weighted by Gasteiger charge is -2.20. The van der Waals surface area contributed by atoms with E-state index in [9.17, 15) is 0 Å². The van der Waals surface area contributed by atoms with Crippen molar-refractivity contribution < 1.29 is 4.74 Å². The number of rotatable bonds is 10. The minimum absolute atomic E-state index is 0.225. The normalized spacial score (nSPS) is 16.2. The van der Waals surface area contributed by atoms with Gasteiger partial charge in [0.05, 0.1) is 6.10 Å². The van der Waals surface area contributed by atoms with Crippen molar-refractivity contribution in [2.75, 3.05) is 26.2 Å². The molecule has 2 aromatic carbocycles. The van der Waals surface area contributed by atoms with E-state index in [1.165, 1.54) is 43.6 Å². The summed E-state index contributed by atoms with van der Waals surface area (Å²) in [5, 5.41) is 0. The van der Waals surface area contributed by atoms with Gasteiger partial charge in [-0.1, -0.05) is 60.7 Å². The molecule has 25 heavy (non-hydrogen) atoms. The van der Waals surface area contributed by atoms with Gasteiger partial charge in [-0.2, -0.15) is 0 Å². The quantitative estimate of drug-likeness (QED) is 0.549. The molecule has 1 heterocycles. The van der Waals surface area contributed by atoms with Crippen molar-refractivity contribution in [3.05, 3.63) is 71.8 Å². The van der Waals surface area contributed by atoms with Gasteiger partial charge in [-0.25, -0.2) is 0 Å². The first-order chi connectivity index (χ1) is 12.4. The maximum absolute atomic E-state index is 6.30. The maximum Gasteiger partial charge on any atom is 0.0825 e. The molecular formula is C23H31NO. The summed E-state index contributed by atoms with van der Waals surface area (Å²) >= 11 is 0. The Balaban J connectivity index is 1.45. The van der Waals surface area contributed by atoms with Crippen molar-refractivity contribution in [3.63, 3.8) is 0 Å². The molecule has 3 rings (SSSR count). The van der Waals surface area contributed by atoms with Crippen LogP contribution in [0.15, 0.2) is 60.7 Å². The second-order valence-corrected chi connectivity index (χ2v) is 7.05. The van der Waals surface area contributed by atoms with Crippen LogP contribution in [0.25, 0.3) is 0 Å². The van der Waals surface area contributed by atoms with Gasteiger partial charge < -0.3 is 9.64 Å². The summed E-state index contributed by atoms with van der Waals surface area (Å²) in [4.78, 5) is 2.57. The average molecular weight is 338 g/mol. The molecule has 0 radical (unpaired) electrons. The number of likely N-dealkylation sites (tertiary alicyclic amines) is 1. The second-order valence-electron chi connectivity index (χ2n) is 7.05. The molecule has 2 aromatic rings. The molecule has 1 atom stereocenters. The molecule has 0 saturated carbocycles. The Hall–Kier alpha value is -1.64. The Kier molecular flexibility index (Phi) is 7.54. The molecule has 1 saturated heterocycles. The monoisotopic (exact) mass is 337 g/mol. The van der Waals surface area contributed by atoms with E-state index in [1.54, 1.807) is 0 Å². The van der Waals surface area contributed by atoms with Crippen LogP contribution in [0.4, 0.5) is 0 Å². The molecule has 1 aliphatic rings. The van der Waals surface area contributed by atoms with E-state index in [0.717, 1.165) is 32.3 Å². The highest BCUT2D eigenvalue weighted by Gasteiger charge is 2.13. The largest absolute Gasteiger partial charge is 0.373 e. The molecule has 1 aliphatic heterocycles. The van der Waals surface area contributed by atoms with Crippen LogP contribution >= 0.6 is 0 Å². The first-order valence-corrected chi connectivity index (χ1v) is 9.84. The number of benzene rings is 2. The first-order valence-electron chi connectivity index (χ1n) is 9.84. The Labute approximate surface area is 152 Å². The third-order valence-electron chi connectivity index (χ3n) is 5.08. The van der Waals surface area contributed by atoms with Gasteiger partial charge in [0.1, 0.15) is 0 Å². The van der Waals surface area contributed by atoms with Crippen molar-refractivity contribution in [2.24, 2.45) is 0 Å². The molecule has 0 spiro atoms. The molecule has 0 aliphatic carbocycles. The zero-order valence-corrected chi connectivity index (χ0v) is 15.3. The van der Waals surface area contributed by atoms with Gasteiger partial charge >= 0.3 is 0 Å². The lowest BCUT2D eigenvalue weighted by molar-refractivity contribution is 0.0401. The standard InChI is InChI=1S/C23H31NO/c1-3-11-21(12-4-1)13-9-16-23(22-14-5-2-6-15-22)25-20-10-19-24-17-7-8-18-24/h1-6,11-12,14-15,23H,7-10,13,16-20H2. The summed E-state index contributed by atoms with van der Waals surface area (Å²) in [7, 11) is 0. The van der Waals surface area contributed by atoms with Crippen LogP contribution in [0, 0.1) is 0 Å². The van der Waals surface area contributed by atoms with E-state index in [1.807, 2.05) is 0 Å². The number of hydrogen-bond acceptors (Lipinski definition) is 2. The first kappa shape index (κ1) is 18.2. The van der Waals surface area contributed by atoms with Gasteiger partial charge in [0.2, 0.25) is 0 Å². The Morgan fingerprint density at radius 3 is 2.24 bits per heavy atom. The molecule has 134 valence electrons. The van der Waals surface area contributed by atoms with E-state index >= 15 is 0 Å². The van der Waals surface area contributed by atoms with Gasteiger partial charge in [-0.3, -0.25) is 0 Å². The zero-order valence-electron chi connectivity index (χ0n) is 15.3. The van der Waals surface area contributed by atoms with Gasteiger partial charge in [0.25, 0.3) is 0 Å². The van der Waals surface area contributed by atoms with E-state index < -0.39 is 0 Å². The van der Waals surface area contributed by atoms with Crippen molar-refractivity contribution in [2.45, 2.75) is 44.6 Å². The summed E-state index contributed by atoms with van der Waals surface area (Å²) in [5.74, 6) is 0. The minimum Gasteiger partial charge on any atom is -0.373 e. The highest BCUT2D eigenvalue weighted by Crippen LogP contribution is 2.24. The lowest BCUT2D eigenvalue weighted by atomic mass is 10.0. The van der Waals surface area contributed by atoms with Crippen LogP contribution in [0.3, 0.4) is 0 Å². The zero-order chi connectivity index (χ0) is 17.2. The third-order valence-corrected chi connectivity index (χ3v) is 5.08. The maximum atomic E-state index is 6.30. The van der Waals surface area contributed by atoms with Crippen LogP contribution in [0.1, 0.15) is 49.3 Å². The summed E-state index contributed by atoms with van der Waals surface area (Å²) < 4.78 is 6.30. The lowest BCUT2D eigenvalue weighted by Crippen LogP contribution is -2.21. The van der Waals surface area contributed by atoms with Gasteiger partial charge in [0.15, 0.2) is 0 Å². The highest BCUT2D eigenvalue weighted by molar-refractivity contribution is 5.18. The molecule has 0 N–H and O–H groups in total. The Bertz CT molecular complexity index is 578. The van der Waals surface area contributed by atoms with Crippen molar-refractivity contribution in [3.8, 4) is 0 Å². The molecule has 0 amide bonds. The molecule has 0 bridgehead atoms. The summed E-state index contributed by atoms with van der Waals surface area (Å²) in [6.07, 6.45) is 7.48. The van der Waals surface area contributed by atoms with Crippen molar-refractivity contribution in [1.82, 2.24) is 4.90 Å². The van der Waals surface area contributed by atoms with Crippen LogP contribution in [-0.2, 0) is 11.2 Å². The SMILES string of the molecule is c1ccc(CCCC(OCCCN2CCCC2)c2ccccc2)cc1. The predicted octanol–water partition coefficient (Wildman–Crippen LogP) is 5.25. The number of ether oxygens (including phenoxy) is 1. The van der Waals surface area contributed by atoms with Crippen LogP contribution in [0.2, 0.25) is 0 Å². The molecule has 2 heteroatoms. The molecular weight excluding hydrogens is 306 g/mol. The van der Waals surface area contributed by atoms with Gasteiger partial charge in [-0.15, -0.1) is 0 Å². The van der Waals surface area contributed by atoms with Crippen LogP contribution in [-0.4, -0.2) is 31.1 Å². The summed E-state index contributed by atoms with van der Waals surface area (Å²) in [6.45, 7) is 4.60. The van der Waals surface area contributed by atoms with Crippen LogP contribution in [0.5, 0.6) is 0 Å². The minimum atomic E-state index is 0.225. The van der Waals surface area contributed by atoms with Crippen molar-refractivity contribution >= 4 is 0 Å². The predicted molar refractivity (Wildman–Crippen MR) is 105 cm³/mol. The number of nitrogens with zero attached hydrogens (tertiary/aromatic N) is 1. The number of hydrogen-bond donors (Lipinski definition) is 0. The topological polar surface area (TPSA) is 12.5 Å². The average Bonchev–Trinajstić information content (AvgIpc) is 3.19. The summed E-state index contributed by atoms with van der Waals surface area (Å²) in [6, 6.07) is 21.5. The highest BCUT2D eigenvalue weighted by atomic mass is 16.5. The fourth-order valence-corrected chi connectivity index (χ4v) is 3.67. The van der Waals surface area contributed by atoms with E-state index in [0.29, 0.717) is 0 Å². The Morgan fingerprint density at radius 1 is 0.840 bits per heavy atom. The fraction of sp³-hybridized carbons (Fsp3) is 0.478. The van der Waals surface area contributed by atoms with E-state index in [2.05, 4.69) is 65.6 Å². The third kappa shape index (κ3) is 6.30. The molecule has 2 nitrogen and oxygen atoms in total. The number of aryl methyl sites for hydroxylation is 1. The van der Waals surface area contributed by atoms with Crippen LogP contribution < -0.4 is 0 Å². The molecule has 1 unspecified atom stereocenters. The second kappa shape index (κ2) is 10.4. The smallest absolute Gasteiger partial charge is 0.0825 e. The summed E-state index contributed by atoms with van der Waals surface area (Å²) in [5.41, 5.74) is 2.74. The van der Waals surface area contributed by atoms with Crippen molar-refractivity contribution in [1.29, 1.82) is 0 Å². The molecule has 1 fully saturated rings. The van der Waals surface area contributed by atoms with Gasteiger partial charge in [-0.05, 0) is 62.7 Å². The Morgan fingerprint density at radius 2 is 1.52 bits per heavy atom. The molecule has 0 aromatic heterocycles.